The lowest BCUT2D eigenvalue weighted by molar-refractivity contribution is -0.139. The minimum Gasteiger partial charge on any atom is -0.302 e. The van der Waals surface area contributed by atoms with Crippen LogP contribution in [0.4, 0.5) is 0 Å². The number of nitrogens with zero attached hydrogens (tertiary/aromatic N) is 3. The van der Waals surface area contributed by atoms with Crippen molar-refractivity contribution in [2.75, 3.05) is 6.54 Å². The molecule has 0 unspecified atom stereocenters. The Hall–Kier alpha value is -3.02. The number of allylic oxidation sites excluding steroid dienone is 2. The molecule has 2 aromatic rings. The highest BCUT2D eigenvalue weighted by Crippen LogP contribution is 2.35. The molecule has 27 heavy (non-hydrogen) atoms. The lowest BCUT2D eigenvalue weighted by Gasteiger charge is -2.14. The van der Waals surface area contributed by atoms with Crippen LogP contribution in [0.5, 0.6) is 0 Å². The van der Waals surface area contributed by atoms with Crippen molar-refractivity contribution in [2.45, 2.75) is 26.7 Å². The molecule has 138 valence electrons. The van der Waals surface area contributed by atoms with E-state index in [-0.39, 0.29) is 36.0 Å². The van der Waals surface area contributed by atoms with E-state index < -0.39 is 0 Å². The van der Waals surface area contributed by atoms with Crippen LogP contribution in [-0.4, -0.2) is 38.6 Å². The third kappa shape index (κ3) is 2.81. The van der Waals surface area contributed by atoms with E-state index in [1.54, 1.807) is 12.3 Å². The van der Waals surface area contributed by atoms with Crippen LogP contribution in [0.2, 0.25) is 0 Å². The van der Waals surface area contributed by atoms with Crippen molar-refractivity contribution in [2.24, 2.45) is 11.8 Å². The SMILES string of the molecule is Cc1cc(C(=O)CN2C(=O)[C@@H]3CC=CC[C@H]3C2=O)c(C)n1-c1ccccn1. The highest BCUT2D eigenvalue weighted by atomic mass is 16.2. The van der Waals surface area contributed by atoms with Gasteiger partial charge in [-0.1, -0.05) is 18.2 Å². The second-order valence-corrected chi connectivity index (χ2v) is 7.15. The number of imide groups is 1. The maximum absolute atomic E-state index is 12.9. The Morgan fingerprint density at radius 3 is 2.37 bits per heavy atom. The molecular formula is C21H21N3O3. The zero-order valence-corrected chi connectivity index (χ0v) is 15.4. The molecule has 3 heterocycles. The number of carbonyl (C=O) groups is 3. The fraction of sp³-hybridized carbons (Fsp3) is 0.333. The smallest absolute Gasteiger partial charge is 0.233 e. The number of rotatable bonds is 4. The number of amides is 2. The maximum atomic E-state index is 12.9. The second kappa shape index (κ2) is 6.61. The van der Waals surface area contributed by atoms with Gasteiger partial charge >= 0.3 is 0 Å². The number of hydrogen-bond donors (Lipinski definition) is 0. The summed E-state index contributed by atoms with van der Waals surface area (Å²) in [7, 11) is 0. The zero-order valence-electron chi connectivity index (χ0n) is 15.4. The number of aryl methyl sites for hydroxylation is 1. The summed E-state index contributed by atoms with van der Waals surface area (Å²) in [6.07, 6.45) is 6.74. The first-order chi connectivity index (χ1) is 13.0. The monoisotopic (exact) mass is 363 g/mol. The Balaban J connectivity index is 1.60. The largest absolute Gasteiger partial charge is 0.302 e. The average Bonchev–Trinajstić information content (AvgIpc) is 3.11. The highest BCUT2D eigenvalue weighted by molar-refractivity contribution is 6.10. The Labute approximate surface area is 157 Å². The number of hydrogen-bond acceptors (Lipinski definition) is 4. The number of Topliss-reactive ketones (excluding diaryl/α,β-unsaturated/α-hetero) is 1. The Bertz CT molecular complexity index is 933. The molecule has 0 radical (unpaired) electrons. The van der Waals surface area contributed by atoms with Gasteiger partial charge in [-0.05, 0) is 44.9 Å². The Kier molecular flexibility index (Phi) is 4.26. The summed E-state index contributed by atoms with van der Waals surface area (Å²) in [6.45, 7) is 3.56. The molecule has 0 spiro atoms. The van der Waals surface area contributed by atoms with Crippen molar-refractivity contribution in [3.05, 3.63) is 59.6 Å². The van der Waals surface area contributed by atoms with Gasteiger partial charge in [0.05, 0.1) is 18.4 Å². The van der Waals surface area contributed by atoms with Gasteiger partial charge in [0.2, 0.25) is 11.8 Å². The molecule has 2 aliphatic rings. The van der Waals surface area contributed by atoms with E-state index in [1.165, 1.54) is 0 Å². The van der Waals surface area contributed by atoms with Crippen LogP contribution in [-0.2, 0) is 9.59 Å². The lowest BCUT2D eigenvalue weighted by atomic mass is 9.85. The van der Waals surface area contributed by atoms with E-state index in [0.29, 0.717) is 18.4 Å². The van der Waals surface area contributed by atoms with Crippen molar-refractivity contribution < 1.29 is 14.4 Å². The summed E-state index contributed by atoms with van der Waals surface area (Å²) in [5, 5.41) is 0. The van der Waals surface area contributed by atoms with E-state index in [0.717, 1.165) is 22.1 Å². The Morgan fingerprint density at radius 1 is 1.11 bits per heavy atom. The molecule has 6 nitrogen and oxygen atoms in total. The maximum Gasteiger partial charge on any atom is 0.233 e. The molecule has 4 rings (SSSR count). The van der Waals surface area contributed by atoms with Gasteiger partial charge in [0, 0.05) is 23.1 Å². The van der Waals surface area contributed by atoms with E-state index in [4.69, 9.17) is 0 Å². The van der Waals surface area contributed by atoms with E-state index in [9.17, 15) is 14.4 Å². The summed E-state index contributed by atoms with van der Waals surface area (Å²) in [5.41, 5.74) is 2.16. The molecule has 1 saturated heterocycles. The van der Waals surface area contributed by atoms with E-state index in [2.05, 4.69) is 4.98 Å². The van der Waals surface area contributed by atoms with Crippen LogP contribution in [0.1, 0.15) is 34.6 Å². The molecule has 0 N–H and O–H groups in total. The van der Waals surface area contributed by atoms with Gasteiger partial charge in [0.25, 0.3) is 0 Å². The van der Waals surface area contributed by atoms with Crippen molar-refractivity contribution >= 4 is 17.6 Å². The van der Waals surface area contributed by atoms with Gasteiger partial charge in [0.1, 0.15) is 5.82 Å². The quantitative estimate of drug-likeness (QED) is 0.476. The number of aromatic nitrogens is 2. The average molecular weight is 363 g/mol. The first-order valence-electron chi connectivity index (χ1n) is 9.13. The minimum atomic E-state index is -0.309. The summed E-state index contributed by atoms with van der Waals surface area (Å²) >= 11 is 0. The first kappa shape index (κ1) is 17.4. The Morgan fingerprint density at radius 2 is 1.78 bits per heavy atom. The van der Waals surface area contributed by atoms with Gasteiger partial charge in [-0.25, -0.2) is 4.98 Å². The van der Waals surface area contributed by atoms with Gasteiger partial charge in [-0.15, -0.1) is 0 Å². The molecule has 2 atom stereocenters. The van der Waals surface area contributed by atoms with E-state index >= 15 is 0 Å². The molecule has 1 aliphatic heterocycles. The summed E-state index contributed by atoms with van der Waals surface area (Å²) < 4.78 is 1.91. The molecule has 1 fully saturated rings. The number of pyridine rings is 1. The summed E-state index contributed by atoms with van der Waals surface area (Å²) in [6, 6.07) is 7.40. The number of ketones is 1. The van der Waals surface area contributed by atoms with Crippen molar-refractivity contribution in [1.29, 1.82) is 0 Å². The van der Waals surface area contributed by atoms with Crippen molar-refractivity contribution in [3.8, 4) is 5.82 Å². The van der Waals surface area contributed by atoms with E-state index in [1.807, 2.05) is 48.8 Å². The molecule has 2 amide bonds. The number of fused-ring (bicyclic) bond motifs is 1. The van der Waals surface area contributed by atoms with Gasteiger partial charge < -0.3 is 4.57 Å². The molecule has 0 aromatic carbocycles. The molecule has 1 aliphatic carbocycles. The van der Waals surface area contributed by atoms with Gasteiger partial charge in [-0.2, -0.15) is 0 Å². The molecular weight excluding hydrogens is 342 g/mol. The summed E-state index contributed by atoms with van der Waals surface area (Å²) in [5.74, 6) is -0.550. The third-order valence-electron chi connectivity index (χ3n) is 5.51. The second-order valence-electron chi connectivity index (χ2n) is 7.15. The molecule has 6 heteroatoms. The topological polar surface area (TPSA) is 72.3 Å². The van der Waals surface area contributed by atoms with Crippen molar-refractivity contribution in [1.82, 2.24) is 14.5 Å². The predicted molar refractivity (Wildman–Crippen MR) is 99.4 cm³/mol. The van der Waals surface area contributed by atoms with Crippen molar-refractivity contribution in [3.63, 3.8) is 0 Å². The first-order valence-corrected chi connectivity index (χ1v) is 9.13. The van der Waals surface area contributed by atoms with Crippen LogP contribution in [0.25, 0.3) is 5.82 Å². The fourth-order valence-corrected chi connectivity index (χ4v) is 4.14. The van der Waals surface area contributed by atoms with Crippen LogP contribution in [0, 0.1) is 25.7 Å². The van der Waals surface area contributed by atoms with Crippen LogP contribution in [0.3, 0.4) is 0 Å². The van der Waals surface area contributed by atoms with Crippen LogP contribution >= 0.6 is 0 Å². The normalized spacial score (nSPS) is 21.6. The zero-order chi connectivity index (χ0) is 19.1. The van der Waals surface area contributed by atoms with Crippen LogP contribution in [0.15, 0.2) is 42.6 Å². The minimum absolute atomic E-state index is 0.197. The number of carbonyl (C=O) groups excluding carboxylic acids is 3. The molecule has 0 bridgehead atoms. The lowest BCUT2D eigenvalue weighted by Crippen LogP contribution is -2.36. The third-order valence-corrected chi connectivity index (χ3v) is 5.51. The molecule has 2 aromatic heterocycles. The van der Waals surface area contributed by atoms with Crippen LogP contribution < -0.4 is 0 Å². The molecule has 0 saturated carbocycles. The predicted octanol–water partition coefficient (Wildman–Crippen LogP) is 2.62. The standard InChI is InChI=1S/C21H21N3O3/c1-13-11-17(14(2)24(13)19-9-5-6-10-22-19)18(25)12-23-20(26)15-7-3-4-8-16(15)21(23)27/h3-6,9-11,15-16H,7-8,12H2,1-2H3/t15-,16-/m1/s1. The van der Waals surface area contributed by atoms with Gasteiger partial charge in [-0.3, -0.25) is 19.3 Å². The fourth-order valence-electron chi connectivity index (χ4n) is 4.14. The van der Waals surface area contributed by atoms with Gasteiger partial charge in [0.15, 0.2) is 5.78 Å². The highest BCUT2D eigenvalue weighted by Gasteiger charge is 2.47. The summed E-state index contributed by atoms with van der Waals surface area (Å²) in [4.78, 5) is 43.6. The number of likely N-dealkylation sites (tertiary alicyclic amines) is 1.